The maximum Gasteiger partial charge on any atom is 0.393 e. The minimum absolute atomic E-state index is 0.0930. The fourth-order valence-corrected chi connectivity index (χ4v) is 3.48. The quantitative estimate of drug-likeness (QED) is 0.840. The summed E-state index contributed by atoms with van der Waals surface area (Å²) in [4.78, 5) is 14.3. The van der Waals surface area contributed by atoms with E-state index in [-0.39, 0.29) is 25.0 Å². The van der Waals surface area contributed by atoms with Crippen molar-refractivity contribution in [2.45, 2.75) is 46.0 Å². The van der Waals surface area contributed by atoms with Gasteiger partial charge in [-0.15, -0.1) is 0 Å². The number of likely N-dealkylation sites (tertiary alicyclic amines) is 1. The Morgan fingerprint density at radius 3 is 2.40 bits per heavy atom. The highest BCUT2D eigenvalue weighted by molar-refractivity contribution is 5.80. The number of carbonyl (C=O) groups is 1. The summed E-state index contributed by atoms with van der Waals surface area (Å²) in [5.74, 6) is -2.93. The van der Waals surface area contributed by atoms with Gasteiger partial charge in [0.25, 0.3) is 0 Å². The van der Waals surface area contributed by atoms with E-state index in [4.69, 9.17) is 0 Å². The lowest BCUT2D eigenvalue weighted by atomic mass is 9.93. The third kappa shape index (κ3) is 5.21. The first-order valence-corrected chi connectivity index (χ1v) is 8.85. The molecule has 1 N–H and O–H groups in total. The number of nitrogens with one attached hydrogen (secondary N) is 1. The topological polar surface area (TPSA) is 32.3 Å². The molecule has 1 aliphatic heterocycles. The predicted octanol–water partition coefficient (Wildman–Crippen LogP) is 3.85. The van der Waals surface area contributed by atoms with E-state index in [9.17, 15) is 18.0 Å². The minimum Gasteiger partial charge on any atom is -0.353 e. The molecule has 140 valence electrons. The SMILES string of the molecule is CC[C@H](NC(=O)[C@H]1CN(Cc2ccccc2)C[C@@H]1C(F)(F)F)C(C)C. The zero-order valence-electron chi connectivity index (χ0n) is 15.0. The van der Waals surface area contributed by atoms with Gasteiger partial charge in [0, 0.05) is 25.7 Å². The average Bonchev–Trinajstić information content (AvgIpc) is 2.97. The molecule has 0 saturated carbocycles. The van der Waals surface area contributed by atoms with Gasteiger partial charge in [-0.2, -0.15) is 13.2 Å². The highest BCUT2D eigenvalue weighted by atomic mass is 19.4. The van der Waals surface area contributed by atoms with Gasteiger partial charge >= 0.3 is 6.18 Å². The van der Waals surface area contributed by atoms with Crippen LogP contribution in [0.4, 0.5) is 13.2 Å². The van der Waals surface area contributed by atoms with Crippen molar-refractivity contribution >= 4 is 5.91 Å². The summed E-state index contributed by atoms with van der Waals surface area (Å²) < 4.78 is 40.4. The molecular weight excluding hydrogens is 329 g/mol. The van der Waals surface area contributed by atoms with Gasteiger partial charge in [0.2, 0.25) is 5.91 Å². The van der Waals surface area contributed by atoms with E-state index >= 15 is 0 Å². The molecule has 1 heterocycles. The van der Waals surface area contributed by atoms with Crippen LogP contribution in [0.5, 0.6) is 0 Å². The molecule has 1 aromatic rings. The molecule has 3 nitrogen and oxygen atoms in total. The van der Waals surface area contributed by atoms with Gasteiger partial charge in [-0.25, -0.2) is 0 Å². The Labute approximate surface area is 147 Å². The van der Waals surface area contributed by atoms with Crippen LogP contribution in [0.2, 0.25) is 0 Å². The van der Waals surface area contributed by atoms with Gasteiger partial charge in [-0.1, -0.05) is 51.1 Å². The van der Waals surface area contributed by atoms with E-state index < -0.39 is 23.9 Å². The monoisotopic (exact) mass is 356 g/mol. The molecule has 0 bridgehead atoms. The van der Waals surface area contributed by atoms with Gasteiger partial charge in [0.05, 0.1) is 11.8 Å². The van der Waals surface area contributed by atoms with Crippen molar-refractivity contribution in [3.05, 3.63) is 35.9 Å². The normalized spacial score (nSPS) is 23.0. The molecule has 1 saturated heterocycles. The second-order valence-corrected chi connectivity index (χ2v) is 7.20. The number of amides is 1. The fourth-order valence-electron chi connectivity index (χ4n) is 3.48. The molecule has 25 heavy (non-hydrogen) atoms. The number of nitrogens with zero attached hydrogens (tertiary/aromatic N) is 1. The van der Waals surface area contributed by atoms with Crippen molar-refractivity contribution in [1.29, 1.82) is 0 Å². The third-order valence-electron chi connectivity index (χ3n) is 4.97. The number of hydrogen-bond acceptors (Lipinski definition) is 2. The van der Waals surface area contributed by atoms with Crippen molar-refractivity contribution < 1.29 is 18.0 Å². The lowest BCUT2D eigenvalue weighted by Gasteiger charge is -2.25. The fraction of sp³-hybridized carbons (Fsp3) is 0.632. The molecule has 1 aromatic carbocycles. The van der Waals surface area contributed by atoms with Crippen LogP contribution in [0.3, 0.4) is 0 Å². The number of rotatable bonds is 6. The van der Waals surface area contributed by atoms with Crippen LogP contribution in [-0.2, 0) is 11.3 Å². The summed E-state index contributed by atoms with van der Waals surface area (Å²) in [6.07, 6.45) is -3.66. The number of halogens is 3. The highest BCUT2D eigenvalue weighted by Crippen LogP contribution is 2.38. The van der Waals surface area contributed by atoms with Crippen molar-refractivity contribution in [3.63, 3.8) is 0 Å². The molecule has 1 aliphatic rings. The minimum atomic E-state index is -4.37. The van der Waals surface area contributed by atoms with E-state index in [2.05, 4.69) is 5.32 Å². The number of hydrogen-bond donors (Lipinski definition) is 1. The Hall–Kier alpha value is -1.56. The van der Waals surface area contributed by atoms with Crippen molar-refractivity contribution in [3.8, 4) is 0 Å². The van der Waals surface area contributed by atoms with Crippen LogP contribution in [0.1, 0.15) is 32.8 Å². The maximum absolute atomic E-state index is 13.5. The van der Waals surface area contributed by atoms with Gasteiger partial charge in [-0.05, 0) is 17.9 Å². The van der Waals surface area contributed by atoms with Crippen LogP contribution < -0.4 is 5.32 Å². The molecular formula is C19H27F3N2O. The van der Waals surface area contributed by atoms with Gasteiger partial charge in [-0.3, -0.25) is 9.69 Å². The molecule has 3 atom stereocenters. The molecule has 1 fully saturated rings. The zero-order valence-corrected chi connectivity index (χ0v) is 15.0. The molecule has 0 aliphatic carbocycles. The summed E-state index contributed by atoms with van der Waals surface area (Å²) in [5.41, 5.74) is 0.957. The summed E-state index contributed by atoms with van der Waals surface area (Å²) >= 11 is 0. The first-order valence-electron chi connectivity index (χ1n) is 8.85. The standard InChI is InChI=1S/C19H27F3N2O/c1-4-17(13(2)3)23-18(25)15-11-24(12-16(15)19(20,21)22)10-14-8-6-5-7-9-14/h5-9,13,15-17H,4,10-12H2,1-3H3,(H,23,25)/t15-,16-,17-/m0/s1. The Bertz CT molecular complexity index is 560. The van der Waals surface area contributed by atoms with Crippen LogP contribution in [-0.4, -0.2) is 36.1 Å². The zero-order chi connectivity index (χ0) is 18.6. The number of alkyl halides is 3. The van der Waals surface area contributed by atoms with Crippen molar-refractivity contribution in [2.24, 2.45) is 17.8 Å². The number of carbonyl (C=O) groups excluding carboxylic acids is 1. The molecule has 1 amide bonds. The molecule has 0 radical (unpaired) electrons. The van der Waals surface area contributed by atoms with Crippen molar-refractivity contribution in [1.82, 2.24) is 10.2 Å². The second kappa shape index (κ2) is 8.21. The Morgan fingerprint density at radius 2 is 1.88 bits per heavy atom. The Kier molecular flexibility index (Phi) is 6.49. The summed E-state index contributed by atoms with van der Waals surface area (Å²) in [7, 11) is 0. The summed E-state index contributed by atoms with van der Waals surface area (Å²) in [5, 5.41) is 2.83. The Balaban J connectivity index is 2.09. The second-order valence-electron chi connectivity index (χ2n) is 7.20. The molecule has 0 spiro atoms. The molecule has 0 unspecified atom stereocenters. The van der Waals surface area contributed by atoms with E-state index in [0.29, 0.717) is 13.0 Å². The summed E-state index contributed by atoms with van der Waals surface area (Å²) in [6, 6.07) is 9.30. The highest BCUT2D eigenvalue weighted by Gasteiger charge is 2.52. The smallest absolute Gasteiger partial charge is 0.353 e. The van der Waals surface area contributed by atoms with Crippen LogP contribution >= 0.6 is 0 Å². The first kappa shape index (κ1) is 19.8. The molecule has 2 rings (SSSR count). The van der Waals surface area contributed by atoms with Gasteiger partial charge < -0.3 is 5.32 Å². The lowest BCUT2D eigenvalue weighted by Crippen LogP contribution is -2.45. The predicted molar refractivity (Wildman–Crippen MR) is 91.8 cm³/mol. The molecule has 0 aromatic heterocycles. The van der Waals surface area contributed by atoms with E-state index in [0.717, 1.165) is 5.56 Å². The van der Waals surface area contributed by atoms with Crippen LogP contribution in [0.25, 0.3) is 0 Å². The van der Waals surface area contributed by atoms with Gasteiger partial charge in [0.15, 0.2) is 0 Å². The third-order valence-corrected chi connectivity index (χ3v) is 4.97. The van der Waals surface area contributed by atoms with E-state index in [1.54, 1.807) is 4.90 Å². The van der Waals surface area contributed by atoms with Crippen molar-refractivity contribution in [2.75, 3.05) is 13.1 Å². The van der Waals surface area contributed by atoms with Gasteiger partial charge in [0.1, 0.15) is 0 Å². The largest absolute Gasteiger partial charge is 0.393 e. The van der Waals surface area contributed by atoms with Crippen LogP contribution in [0, 0.1) is 17.8 Å². The van der Waals surface area contributed by atoms with Crippen LogP contribution in [0.15, 0.2) is 30.3 Å². The Morgan fingerprint density at radius 1 is 1.24 bits per heavy atom. The lowest BCUT2D eigenvalue weighted by molar-refractivity contribution is -0.183. The maximum atomic E-state index is 13.5. The summed E-state index contributed by atoms with van der Waals surface area (Å²) in [6.45, 7) is 6.30. The first-order chi connectivity index (χ1) is 11.7. The van der Waals surface area contributed by atoms with E-state index in [1.165, 1.54) is 0 Å². The van der Waals surface area contributed by atoms with E-state index in [1.807, 2.05) is 51.1 Å². The average molecular weight is 356 g/mol. The number of benzene rings is 1. The molecule has 6 heteroatoms.